The highest BCUT2D eigenvalue weighted by molar-refractivity contribution is 6.28. The molecule has 51 heavy (non-hydrogen) atoms. The summed E-state index contributed by atoms with van der Waals surface area (Å²) in [6.45, 7) is 0. The third-order valence-corrected chi connectivity index (χ3v) is 9.15. The Labute approximate surface area is 299 Å². The second-order valence-electron chi connectivity index (χ2n) is 12.1. The van der Waals surface area contributed by atoms with E-state index in [0.29, 0.717) is 29.3 Å². The van der Waals surface area contributed by atoms with Gasteiger partial charge in [0.25, 0.3) is 0 Å². The summed E-state index contributed by atoms with van der Waals surface area (Å²) in [7, 11) is 0. The van der Waals surface area contributed by atoms with Crippen LogP contribution in [-0.2, 0) is 0 Å². The van der Waals surface area contributed by atoms with Crippen molar-refractivity contribution in [2.75, 3.05) is 4.90 Å². The first-order valence-electron chi connectivity index (χ1n) is 18.8. The zero-order valence-corrected chi connectivity index (χ0v) is 26.8. The number of benzene rings is 8. The first kappa shape index (κ1) is 25.4. The molecule has 1 aromatic heterocycles. The van der Waals surface area contributed by atoms with Crippen LogP contribution in [0.3, 0.4) is 0 Å². The minimum Gasteiger partial charge on any atom is -0.455 e. The van der Waals surface area contributed by atoms with Crippen LogP contribution in [0.4, 0.5) is 30.2 Å². The maximum Gasteiger partial charge on any atom is 0.143 e. The molecule has 0 fully saturated rings. The first-order chi connectivity index (χ1) is 27.1. The molecule has 0 N–H and O–H groups in total. The van der Waals surface area contributed by atoms with E-state index in [1.165, 1.54) is 29.2 Å². The molecule has 0 radical (unpaired) electrons. The lowest BCUT2D eigenvalue weighted by molar-refractivity contribution is 0.548. The van der Waals surface area contributed by atoms with Gasteiger partial charge in [0.05, 0.1) is 12.4 Å². The minimum absolute atomic E-state index is 0.119. The smallest absolute Gasteiger partial charge is 0.143 e. The Morgan fingerprint density at radius 2 is 0.980 bits per heavy atom. The zero-order valence-electron chi connectivity index (χ0n) is 31.8. The molecule has 1 heterocycles. The highest BCUT2D eigenvalue weighted by Gasteiger charge is 2.23. The number of hydrogen-bond donors (Lipinski definition) is 0. The van der Waals surface area contributed by atoms with Gasteiger partial charge in [0.15, 0.2) is 0 Å². The van der Waals surface area contributed by atoms with Gasteiger partial charge in [0.2, 0.25) is 0 Å². The van der Waals surface area contributed by atoms with Crippen molar-refractivity contribution in [2.24, 2.45) is 0 Å². The van der Waals surface area contributed by atoms with E-state index >= 15 is 0 Å². The van der Waals surface area contributed by atoms with Crippen molar-refractivity contribution in [2.45, 2.75) is 0 Å². The van der Waals surface area contributed by atoms with Crippen LogP contribution in [0.5, 0.6) is 0 Å². The summed E-state index contributed by atoms with van der Waals surface area (Å²) in [5.74, 6) is -2.52. The fourth-order valence-corrected chi connectivity index (χ4v) is 6.93. The average Bonchev–Trinajstić information content (AvgIpc) is 3.63. The Morgan fingerprint density at radius 3 is 1.59 bits per heavy atom. The van der Waals surface area contributed by atoms with Gasteiger partial charge in [0.1, 0.15) is 28.8 Å². The molecule has 0 bridgehead atoms. The Bertz CT molecular complexity index is 2950. The van der Waals surface area contributed by atoms with Crippen molar-refractivity contribution in [1.82, 2.24) is 0 Å². The molecule has 0 saturated heterocycles. The van der Waals surface area contributed by atoms with Crippen molar-refractivity contribution >= 4 is 49.6 Å². The maximum absolute atomic E-state index is 14.8. The number of nitrogens with zero attached hydrogens (tertiary/aromatic N) is 1. The zero-order chi connectivity index (χ0) is 38.8. The van der Waals surface area contributed by atoms with Crippen LogP contribution >= 0.6 is 0 Å². The summed E-state index contributed by atoms with van der Waals surface area (Å²) in [6.07, 6.45) is 0. The van der Waals surface area contributed by atoms with Crippen LogP contribution in [0, 0.1) is 17.5 Å². The number of fused-ring (bicyclic) bond motifs is 6. The largest absolute Gasteiger partial charge is 0.455 e. The highest BCUT2D eigenvalue weighted by Crippen LogP contribution is 2.48. The van der Waals surface area contributed by atoms with Crippen LogP contribution in [0.25, 0.3) is 66.1 Å². The quantitative estimate of drug-likeness (QED) is 0.164. The van der Waals surface area contributed by atoms with Crippen LogP contribution in [-0.4, -0.2) is 0 Å². The van der Waals surface area contributed by atoms with Crippen molar-refractivity contribution in [3.8, 4) is 33.6 Å². The van der Waals surface area contributed by atoms with Gasteiger partial charge in [-0.15, -0.1) is 0 Å². The predicted molar refractivity (Wildman–Crippen MR) is 202 cm³/mol. The van der Waals surface area contributed by atoms with Crippen molar-refractivity contribution < 1.29 is 24.4 Å². The Kier molecular flexibility index (Phi) is 6.16. The van der Waals surface area contributed by atoms with Gasteiger partial charge in [-0.2, -0.15) is 0 Å². The standard InChI is InChI=1S/C46H28F3NO/c47-32-27-40(48)42(41(49)28-32)29-19-23-34(24-20-29)50(33-13-5-2-6-14-33)35-25-21-30(22-26-35)43-44-38-17-9-7-15-36(38)37-16-8-10-18-39(37)46(44)51-45(43)31-11-3-1-4-12-31/h1-28H/i2D,5D,6D,13D,14D. The summed E-state index contributed by atoms with van der Waals surface area (Å²) < 4.78 is 92.9. The Hall–Kier alpha value is -6.59. The topological polar surface area (TPSA) is 16.4 Å². The monoisotopic (exact) mass is 672 g/mol. The molecular weight excluding hydrogens is 640 g/mol. The molecule has 0 atom stereocenters. The predicted octanol–water partition coefficient (Wildman–Crippen LogP) is 13.6. The molecule has 8 aromatic carbocycles. The molecule has 0 saturated carbocycles. The number of halogens is 3. The molecule has 0 unspecified atom stereocenters. The highest BCUT2D eigenvalue weighted by atomic mass is 19.1. The van der Waals surface area contributed by atoms with E-state index in [1.54, 1.807) is 12.1 Å². The molecule has 2 nitrogen and oxygen atoms in total. The van der Waals surface area contributed by atoms with Crippen molar-refractivity contribution in [1.29, 1.82) is 0 Å². The van der Waals surface area contributed by atoms with Crippen molar-refractivity contribution in [3.63, 3.8) is 0 Å². The minimum atomic E-state index is -1.07. The second-order valence-corrected chi connectivity index (χ2v) is 12.1. The molecular formula is C46H28F3NO. The molecule has 5 heteroatoms. The van der Waals surface area contributed by atoms with Crippen LogP contribution < -0.4 is 4.90 Å². The third-order valence-electron chi connectivity index (χ3n) is 9.15. The molecule has 0 aliphatic rings. The molecule has 0 spiro atoms. The van der Waals surface area contributed by atoms with E-state index in [4.69, 9.17) is 11.3 Å². The number of anilines is 3. The first-order valence-corrected chi connectivity index (χ1v) is 16.3. The van der Waals surface area contributed by atoms with E-state index in [9.17, 15) is 13.2 Å². The molecule has 9 rings (SSSR count). The summed E-state index contributed by atoms with van der Waals surface area (Å²) in [6, 6.07) is 38.2. The maximum atomic E-state index is 14.8. The van der Waals surface area contributed by atoms with Gasteiger partial charge in [-0.05, 0) is 63.6 Å². The van der Waals surface area contributed by atoms with Gasteiger partial charge in [-0.1, -0.05) is 121 Å². The number of furan rings is 1. The number of rotatable bonds is 6. The van der Waals surface area contributed by atoms with Gasteiger partial charge < -0.3 is 9.32 Å². The molecule has 0 aliphatic carbocycles. The van der Waals surface area contributed by atoms with Crippen LogP contribution in [0.2, 0.25) is 0 Å². The third kappa shape index (κ3) is 5.22. The van der Waals surface area contributed by atoms with Gasteiger partial charge >= 0.3 is 0 Å². The average molecular weight is 673 g/mol. The summed E-state index contributed by atoms with van der Waals surface area (Å²) in [4.78, 5) is 1.51. The van der Waals surface area contributed by atoms with Gasteiger partial charge in [-0.3, -0.25) is 0 Å². The lowest BCUT2D eigenvalue weighted by Gasteiger charge is -2.26. The molecule has 9 aromatic rings. The number of para-hydroxylation sites is 1. The van der Waals surface area contributed by atoms with E-state index in [1.807, 2.05) is 66.7 Å². The summed E-state index contributed by atoms with van der Waals surface area (Å²) in [5.41, 5.74) is 3.68. The fraction of sp³-hybridized carbons (Fsp3) is 0. The Balaban J connectivity index is 1.26. The normalized spacial score (nSPS) is 12.8. The van der Waals surface area contributed by atoms with E-state index < -0.39 is 53.2 Å². The summed E-state index contributed by atoms with van der Waals surface area (Å²) in [5, 5.41) is 5.06. The van der Waals surface area contributed by atoms with Crippen LogP contribution in [0.1, 0.15) is 6.85 Å². The van der Waals surface area contributed by atoms with E-state index in [2.05, 4.69) is 24.3 Å². The van der Waals surface area contributed by atoms with E-state index in [-0.39, 0.29) is 11.3 Å². The lowest BCUT2D eigenvalue weighted by Crippen LogP contribution is -2.09. The van der Waals surface area contributed by atoms with Gasteiger partial charge in [-0.25, -0.2) is 13.2 Å². The molecule has 244 valence electrons. The van der Waals surface area contributed by atoms with Crippen LogP contribution in [0.15, 0.2) is 174 Å². The second kappa shape index (κ2) is 12.4. The van der Waals surface area contributed by atoms with Gasteiger partial charge in [0, 0.05) is 51.1 Å². The fourth-order valence-electron chi connectivity index (χ4n) is 6.93. The summed E-state index contributed by atoms with van der Waals surface area (Å²) >= 11 is 0. The Morgan fingerprint density at radius 1 is 0.471 bits per heavy atom. The lowest BCUT2D eigenvalue weighted by atomic mass is 9.92. The molecule has 0 aliphatic heterocycles. The SMILES string of the molecule is [2H]c1c([2H])c([2H])c(N(c2ccc(-c3c(F)cc(F)cc3F)cc2)c2ccc(-c3c(-c4ccccc4)oc4c5ccccc5c5ccccc5c34)cc2)c([2H])c1[2H]. The number of hydrogen-bond acceptors (Lipinski definition) is 2. The molecule has 0 amide bonds. The van der Waals surface area contributed by atoms with Crippen molar-refractivity contribution in [3.05, 3.63) is 187 Å². The van der Waals surface area contributed by atoms with E-state index in [0.717, 1.165) is 49.2 Å².